The summed E-state index contributed by atoms with van der Waals surface area (Å²) >= 11 is 0. The van der Waals surface area contributed by atoms with Gasteiger partial charge in [-0.1, -0.05) is 0 Å². The minimum absolute atomic E-state index is 0.619. The van der Waals surface area contributed by atoms with Crippen LogP contribution in [-0.4, -0.2) is 11.2 Å². The maximum Gasteiger partial charge on any atom is 0.0622 e. The van der Waals surface area contributed by atoms with E-state index >= 15 is 0 Å². The summed E-state index contributed by atoms with van der Waals surface area (Å²) in [6, 6.07) is 6.01. The normalized spacial score (nSPS) is 9.00. The van der Waals surface area contributed by atoms with Crippen LogP contribution in [0, 0.1) is 11.3 Å². The van der Waals surface area contributed by atoms with Crippen LogP contribution in [0.5, 0.6) is 0 Å². The van der Waals surface area contributed by atoms with E-state index in [9.17, 15) is 0 Å². The van der Waals surface area contributed by atoms with Gasteiger partial charge in [-0.05, 0) is 18.6 Å². The molecule has 1 heterocycles. The molecule has 1 rings (SSSR count). The molecule has 3 nitrogen and oxygen atoms in total. The van der Waals surface area contributed by atoms with Gasteiger partial charge < -0.3 is 5.43 Å². The number of nitrogens with one attached hydrogen (secondary N) is 1. The van der Waals surface area contributed by atoms with E-state index in [1.165, 1.54) is 0 Å². The fraction of sp³-hybridized carbons (Fsp3) is 0.375. The van der Waals surface area contributed by atoms with Crippen LogP contribution in [0.25, 0.3) is 0 Å². The Morgan fingerprint density at radius 2 is 2.09 bits per heavy atom. The Labute approximate surface area is 66.2 Å². The predicted octanol–water partition coefficient (Wildman–Crippen LogP) is 1.34. The quantitative estimate of drug-likeness (QED) is 0.656. The van der Waals surface area contributed by atoms with Gasteiger partial charge in [0, 0.05) is 25.4 Å². The Balaban J connectivity index is 2.10. The van der Waals surface area contributed by atoms with Crippen molar-refractivity contribution < 1.29 is 0 Å². The molecule has 0 atom stereocenters. The van der Waals surface area contributed by atoms with Crippen LogP contribution >= 0.6 is 0 Å². The summed E-state index contributed by atoms with van der Waals surface area (Å²) in [6.45, 7) is 0.849. The van der Waals surface area contributed by atoms with E-state index in [-0.39, 0.29) is 0 Å². The average molecular weight is 149 g/mol. The monoisotopic (exact) mass is 149 g/mol. The molecule has 0 fully saturated rings. The highest BCUT2D eigenvalue weighted by atomic mass is 15.4. The van der Waals surface area contributed by atoms with E-state index in [0.29, 0.717) is 6.42 Å². The summed E-state index contributed by atoms with van der Waals surface area (Å²) in [6.07, 6.45) is 5.39. The largest absolute Gasteiger partial charge is 0.326 e. The molecule has 0 aliphatic heterocycles. The highest BCUT2D eigenvalue weighted by Crippen LogP contribution is 1.87. The van der Waals surface area contributed by atoms with Gasteiger partial charge >= 0.3 is 0 Å². The van der Waals surface area contributed by atoms with E-state index in [1.54, 1.807) is 0 Å². The predicted molar refractivity (Wildman–Crippen MR) is 43.5 cm³/mol. The van der Waals surface area contributed by atoms with Crippen molar-refractivity contribution in [1.29, 1.82) is 5.26 Å². The number of unbranched alkanes of at least 4 members (excludes halogenated alkanes) is 1. The number of hydrogen-bond acceptors (Lipinski definition) is 2. The summed E-state index contributed by atoms with van der Waals surface area (Å²) < 4.78 is 1.89. The standard InChI is InChI=1S/C8H11N3/c9-5-1-2-6-10-11-7-3-4-8-11/h3-4,7-8,10H,1-2,6H2. The van der Waals surface area contributed by atoms with Crippen molar-refractivity contribution in [1.82, 2.24) is 4.68 Å². The van der Waals surface area contributed by atoms with Gasteiger partial charge in [0.1, 0.15) is 0 Å². The van der Waals surface area contributed by atoms with Gasteiger partial charge in [0.2, 0.25) is 0 Å². The fourth-order valence-electron chi connectivity index (χ4n) is 0.816. The van der Waals surface area contributed by atoms with Crippen molar-refractivity contribution in [3.8, 4) is 6.07 Å². The Bertz CT molecular complexity index is 220. The van der Waals surface area contributed by atoms with Gasteiger partial charge in [0.25, 0.3) is 0 Å². The molecule has 0 spiro atoms. The lowest BCUT2D eigenvalue weighted by atomic mass is 10.3. The van der Waals surface area contributed by atoms with Gasteiger partial charge in [-0.2, -0.15) is 5.26 Å². The van der Waals surface area contributed by atoms with Crippen molar-refractivity contribution in [2.45, 2.75) is 12.8 Å². The minimum Gasteiger partial charge on any atom is -0.326 e. The van der Waals surface area contributed by atoms with E-state index < -0.39 is 0 Å². The number of nitriles is 1. The molecule has 0 saturated heterocycles. The summed E-state index contributed by atoms with van der Waals surface area (Å²) in [5.74, 6) is 0. The Morgan fingerprint density at radius 1 is 1.36 bits per heavy atom. The molecule has 58 valence electrons. The number of hydrogen-bond donors (Lipinski definition) is 1. The molecule has 1 aromatic heterocycles. The third-order valence-electron chi connectivity index (χ3n) is 1.36. The lowest BCUT2D eigenvalue weighted by molar-refractivity contribution is 0.784. The second kappa shape index (κ2) is 4.40. The Kier molecular flexibility index (Phi) is 3.07. The first-order valence-corrected chi connectivity index (χ1v) is 3.67. The van der Waals surface area contributed by atoms with Gasteiger partial charge in [-0.25, -0.2) is 0 Å². The zero-order valence-corrected chi connectivity index (χ0v) is 6.33. The van der Waals surface area contributed by atoms with Crippen molar-refractivity contribution in [2.75, 3.05) is 12.0 Å². The number of nitrogens with zero attached hydrogens (tertiary/aromatic N) is 2. The number of aromatic nitrogens is 1. The molecule has 0 bridgehead atoms. The van der Waals surface area contributed by atoms with Crippen LogP contribution in [-0.2, 0) is 0 Å². The zero-order chi connectivity index (χ0) is 7.94. The van der Waals surface area contributed by atoms with Crippen LogP contribution in [0.4, 0.5) is 0 Å². The summed E-state index contributed by atoms with van der Waals surface area (Å²) in [4.78, 5) is 0. The molecular formula is C8H11N3. The lowest BCUT2D eigenvalue weighted by Gasteiger charge is -2.04. The minimum atomic E-state index is 0.619. The van der Waals surface area contributed by atoms with Crippen LogP contribution in [0.15, 0.2) is 24.5 Å². The van der Waals surface area contributed by atoms with Crippen molar-refractivity contribution in [2.24, 2.45) is 0 Å². The van der Waals surface area contributed by atoms with E-state index in [4.69, 9.17) is 5.26 Å². The molecule has 0 amide bonds. The van der Waals surface area contributed by atoms with Crippen LogP contribution < -0.4 is 5.43 Å². The molecule has 1 aromatic rings. The van der Waals surface area contributed by atoms with Gasteiger partial charge in [0.15, 0.2) is 0 Å². The van der Waals surface area contributed by atoms with Gasteiger partial charge in [-0.15, -0.1) is 0 Å². The molecular weight excluding hydrogens is 138 g/mol. The summed E-state index contributed by atoms with van der Waals surface area (Å²) in [5, 5.41) is 8.24. The number of rotatable bonds is 4. The fourth-order valence-corrected chi connectivity index (χ4v) is 0.816. The molecule has 0 aliphatic rings. The first kappa shape index (κ1) is 7.67. The van der Waals surface area contributed by atoms with Gasteiger partial charge in [0.05, 0.1) is 6.07 Å². The third-order valence-corrected chi connectivity index (χ3v) is 1.36. The summed E-state index contributed by atoms with van der Waals surface area (Å²) in [5.41, 5.74) is 3.12. The van der Waals surface area contributed by atoms with Crippen LogP contribution in [0.1, 0.15) is 12.8 Å². The molecule has 0 saturated carbocycles. The zero-order valence-electron chi connectivity index (χ0n) is 6.33. The third kappa shape index (κ3) is 2.76. The van der Waals surface area contributed by atoms with Crippen molar-refractivity contribution >= 4 is 0 Å². The van der Waals surface area contributed by atoms with Crippen LogP contribution in [0.3, 0.4) is 0 Å². The lowest BCUT2D eigenvalue weighted by Crippen LogP contribution is -2.13. The maximum atomic E-state index is 8.24. The second-order valence-electron chi connectivity index (χ2n) is 2.26. The van der Waals surface area contributed by atoms with Crippen LogP contribution in [0.2, 0.25) is 0 Å². The summed E-state index contributed by atoms with van der Waals surface area (Å²) in [7, 11) is 0. The first-order chi connectivity index (χ1) is 5.43. The maximum absolute atomic E-state index is 8.24. The molecule has 0 aromatic carbocycles. The second-order valence-corrected chi connectivity index (χ2v) is 2.26. The van der Waals surface area contributed by atoms with E-state index in [0.717, 1.165) is 13.0 Å². The molecule has 11 heavy (non-hydrogen) atoms. The molecule has 0 radical (unpaired) electrons. The smallest absolute Gasteiger partial charge is 0.0622 e. The molecule has 0 aliphatic carbocycles. The van der Waals surface area contributed by atoms with E-state index in [2.05, 4.69) is 11.5 Å². The van der Waals surface area contributed by atoms with Crippen molar-refractivity contribution in [3.05, 3.63) is 24.5 Å². The van der Waals surface area contributed by atoms with Crippen molar-refractivity contribution in [3.63, 3.8) is 0 Å². The Morgan fingerprint density at radius 3 is 2.73 bits per heavy atom. The highest BCUT2D eigenvalue weighted by Gasteiger charge is 1.85. The SMILES string of the molecule is N#CCCCNn1cccc1. The first-order valence-electron chi connectivity index (χ1n) is 3.67. The topological polar surface area (TPSA) is 40.8 Å². The van der Waals surface area contributed by atoms with E-state index in [1.807, 2.05) is 29.2 Å². The highest BCUT2D eigenvalue weighted by molar-refractivity contribution is 4.93. The Hall–Kier alpha value is -1.43. The molecule has 1 N–H and O–H groups in total. The average Bonchev–Trinajstić information content (AvgIpc) is 2.50. The molecule has 3 heteroatoms. The molecule has 0 unspecified atom stereocenters. The van der Waals surface area contributed by atoms with Gasteiger partial charge in [-0.3, -0.25) is 4.68 Å².